The molecule has 192 valence electrons. The minimum absolute atomic E-state index is 0.0958. The number of nitrogens with one attached hydrogen (secondary N) is 1. The predicted octanol–water partition coefficient (Wildman–Crippen LogP) is 7.00. The number of benzene rings is 1. The van der Waals surface area contributed by atoms with Gasteiger partial charge in [0.05, 0.1) is 28.5 Å². The van der Waals surface area contributed by atoms with Crippen LogP contribution in [0.1, 0.15) is 22.2 Å². The van der Waals surface area contributed by atoms with E-state index in [-0.39, 0.29) is 27.2 Å². The average Bonchev–Trinajstić information content (AvgIpc) is 3.25. The Bertz CT molecular complexity index is 1310. The number of hydrogen-bond donors (Lipinski definition) is 2. The van der Waals surface area contributed by atoms with Crippen LogP contribution in [0.2, 0.25) is 0 Å². The summed E-state index contributed by atoms with van der Waals surface area (Å²) in [4.78, 5) is 35.4. The first-order chi connectivity index (χ1) is 16.8. The molecule has 4 atom stereocenters. The molecule has 1 amide bonds. The first-order valence-electron chi connectivity index (χ1n) is 10.5. The molecule has 36 heavy (non-hydrogen) atoms. The van der Waals surface area contributed by atoms with Crippen LogP contribution in [0.25, 0.3) is 11.1 Å². The van der Waals surface area contributed by atoms with E-state index in [4.69, 9.17) is 74.3 Å². The Labute approximate surface area is 240 Å². The summed E-state index contributed by atoms with van der Waals surface area (Å²) < 4.78 is 3.00. The lowest BCUT2D eigenvalue weighted by Crippen LogP contribution is -2.47. The van der Waals surface area contributed by atoms with E-state index in [1.807, 2.05) is 30.3 Å². The lowest BCUT2D eigenvalue weighted by molar-refractivity contribution is -0.146. The summed E-state index contributed by atoms with van der Waals surface area (Å²) in [5, 5.41) is 12.1. The fourth-order valence-electron chi connectivity index (χ4n) is 4.80. The van der Waals surface area contributed by atoms with E-state index in [1.54, 1.807) is 13.8 Å². The van der Waals surface area contributed by atoms with E-state index >= 15 is 0 Å². The molecule has 2 N–H and O–H groups in total. The van der Waals surface area contributed by atoms with Crippen LogP contribution in [0.3, 0.4) is 0 Å². The molecule has 0 saturated heterocycles. The molecule has 0 spiro atoms. The van der Waals surface area contributed by atoms with Crippen LogP contribution in [0.5, 0.6) is 0 Å². The SMILES string of the molecule is CCOC(=O)c1c(NC(=O)[C@@H]2[C@H](C(=O)O)[C@@]3(Cl)C(Cl)=C(Cl)[C@@]2(Cl)C3(Cl)Cl)sc(C)c1-c1ccccc1. The number of anilines is 1. The Hall–Kier alpha value is -1.19. The highest BCUT2D eigenvalue weighted by atomic mass is 35.5. The smallest absolute Gasteiger partial charge is 0.341 e. The number of carbonyl (C=O) groups excluding carboxylic acids is 2. The van der Waals surface area contributed by atoms with Crippen molar-refractivity contribution in [1.29, 1.82) is 0 Å². The van der Waals surface area contributed by atoms with E-state index in [0.717, 1.165) is 16.9 Å². The van der Waals surface area contributed by atoms with Gasteiger partial charge < -0.3 is 15.2 Å². The van der Waals surface area contributed by atoms with Crippen LogP contribution < -0.4 is 5.32 Å². The number of fused-ring (bicyclic) bond motifs is 2. The number of amides is 1. The van der Waals surface area contributed by atoms with Gasteiger partial charge in [-0.25, -0.2) is 4.79 Å². The molecule has 2 aliphatic rings. The van der Waals surface area contributed by atoms with Crippen molar-refractivity contribution in [1.82, 2.24) is 0 Å². The van der Waals surface area contributed by atoms with Crippen LogP contribution in [0.4, 0.5) is 5.00 Å². The van der Waals surface area contributed by atoms with Gasteiger partial charge in [0.2, 0.25) is 5.91 Å². The molecular formula is C23H17Cl6NO5S. The summed E-state index contributed by atoms with van der Waals surface area (Å²) in [7, 11) is 0. The van der Waals surface area contributed by atoms with Crippen molar-refractivity contribution in [3.05, 3.63) is 50.8 Å². The number of carboxylic acid groups (broad SMARTS) is 1. The summed E-state index contributed by atoms with van der Waals surface area (Å²) in [5.74, 6) is -6.45. The second-order valence-corrected chi connectivity index (χ2v) is 12.7. The molecule has 1 aromatic carbocycles. The largest absolute Gasteiger partial charge is 0.481 e. The van der Waals surface area contributed by atoms with Crippen molar-refractivity contribution in [2.45, 2.75) is 27.9 Å². The minimum atomic E-state index is -2.24. The Morgan fingerprint density at radius 2 is 1.58 bits per heavy atom. The van der Waals surface area contributed by atoms with Gasteiger partial charge in [-0.3, -0.25) is 9.59 Å². The number of aliphatic carboxylic acids is 1. The van der Waals surface area contributed by atoms with Crippen molar-refractivity contribution in [2.75, 3.05) is 11.9 Å². The van der Waals surface area contributed by atoms with Gasteiger partial charge in [0.15, 0.2) is 4.33 Å². The van der Waals surface area contributed by atoms with Gasteiger partial charge in [-0.05, 0) is 19.4 Å². The maximum atomic E-state index is 13.7. The summed E-state index contributed by atoms with van der Waals surface area (Å²) >= 11 is 40.0. The molecule has 0 aliphatic heterocycles. The summed E-state index contributed by atoms with van der Waals surface area (Å²) in [6.07, 6.45) is 0. The van der Waals surface area contributed by atoms with Crippen LogP contribution in [-0.4, -0.2) is 43.6 Å². The zero-order valence-electron chi connectivity index (χ0n) is 18.5. The molecule has 2 aromatic rings. The molecule has 1 heterocycles. The van der Waals surface area contributed by atoms with Gasteiger partial charge in [-0.1, -0.05) is 76.7 Å². The molecule has 0 unspecified atom stereocenters. The first kappa shape index (κ1) is 27.8. The topological polar surface area (TPSA) is 92.7 Å². The van der Waals surface area contributed by atoms with Crippen LogP contribution >= 0.6 is 80.9 Å². The molecule has 4 rings (SSSR count). The van der Waals surface area contributed by atoms with E-state index < -0.39 is 43.8 Å². The number of esters is 1. The predicted molar refractivity (Wildman–Crippen MR) is 144 cm³/mol. The number of carboxylic acids is 1. The highest BCUT2D eigenvalue weighted by molar-refractivity contribution is 7.17. The molecule has 1 aromatic heterocycles. The van der Waals surface area contributed by atoms with Gasteiger partial charge in [-0.15, -0.1) is 34.5 Å². The van der Waals surface area contributed by atoms with E-state index in [0.29, 0.717) is 10.4 Å². The number of ether oxygens (including phenoxy) is 1. The van der Waals surface area contributed by atoms with Crippen molar-refractivity contribution < 1.29 is 24.2 Å². The van der Waals surface area contributed by atoms with Crippen molar-refractivity contribution in [2.24, 2.45) is 11.8 Å². The number of rotatable bonds is 6. The van der Waals surface area contributed by atoms with Gasteiger partial charge in [0.1, 0.15) is 20.3 Å². The monoisotopic (exact) mass is 629 g/mol. The van der Waals surface area contributed by atoms with Crippen molar-refractivity contribution in [3.8, 4) is 11.1 Å². The third kappa shape index (κ3) is 3.62. The molecular weight excluding hydrogens is 615 g/mol. The second kappa shape index (κ2) is 9.53. The van der Waals surface area contributed by atoms with Gasteiger partial charge >= 0.3 is 11.9 Å². The van der Waals surface area contributed by atoms with E-state index in [9.17, 15) is 19.5 Å². The Morgan fingerprint density at radius 3 is 2.11 bits per heavy atom. The lowest BCUT2D eigenvalue weighted by atomic mass is 9.81. The summed E-state index contributed by atoms with van der Waals surface area (Å²) in [6, 6.07) is 9.07. The maximum Gasteiger partial charge on any atom is 0.341 e. The summed E-state index contributed by atoms with van der Waals surface area (Å²) in [5.41, 5.74) is 1.40. The third-order valence-corrected chi connectivity index (χ3v) is 11.6. The molecule has 1 saturated carbocycles. The molecule has 1 fully saturated rings. The zero-order valence-corrected chi connectivity index (χ0v) is 23.9. The Morgan fingerprint density at radius 1 is 1.03 bits per heavy atom. The molecule has 2 bridgehead atoms. The molecule has 0 radical (unpaired) electrons. The average molecular weight is 632 g/mol. The lowest BCUT2D eigenvalue weighted by Gasteiger charge is -2.33. The third-order valence-electron chi connectivity index (χ3n) is 6.35. The number of alkyl halides is 4. The number of halogens is 6. The number of aryl methyl sites for hydroxylation is 1. The van der Waals surface area contributed by atoms with Crippen LogP contribution in [0, 0.1) is 18.8 Å². The van der Waals surface area contributed by atoms with Crippen LogP contribution in [-0.2, 0) is 14.3 Å². The van der Waals surface area contributed by atoms with Crippen molar-refractivity contribution in [3.63, 3.8) is 0 Å². The molecule has 13 heteroatoms. The standard InChI is InChI=1S/C23H17Cl6NO5S/c1-3-35-20(34)12-11(10-7-5-4-6-8-10)9(2)36-18(12)30-17(31)13-14(19(32)33)22(27)16(25)15(24)21(13,26)23(22,28)29/h4-8,13-14H,3H2,1-2H3,(H,30,31)(H,32,33)/t13-,14+,21+,22+/m0/s1. The highest BCUT2D eigenvalue weighted by Crippen LogP contribution is 2.76. The summed E-state index contributed by atoms with van der Waals surface area (Å²) in [6.45, 7) is 3.53. The van der Waals surface area contributed by atoms with Gasteiger partial charge in [0.25, 0.3) is 0 Å². The Kier molecular flexibility index (Phi) is 7.37. The maximum absolute atomic E-state index is 13.7. The fraction of sp³-hybridized carbons (Fsp3) is 0.348. The minimum Gasteiger partial charge on any atom is -0.481 e. The second-order valence-electron chi connectivity index (χ2n) is 8.23. The van der Waals surface area contributed by atoms with Gasteiger partial charge in [-0.2, -0.15) is 0 Å². The highest BCUT2D eigenvalue weighted by Gasteiger charge is 2.85. The molecule has 6 nitrogen and oxygen atoms in total. The number of hydrogen-bond acceptors (Lipinski definition) is 5. The Balaban J connectivity index is 1.84. The normalized spacial score (nSPS) is 28.3. The van der Waals surface area contributed by atoms with E-state index in [1.165, 1.54) is 0 Å². The number of allylic oxidation sites excluding steroid dienone is 2. The first-order valence-corrected chi connectivity index (χ1v) is 13.6. The number of thiophene rings is 1. The van der Waals surface area contributed by atoms with Crippen LogP contribution in [0.15, 0.2) is 40.4 Å². The van der Waals surface area contributed by atoms with Gasteiger partial charge in [0, 0.05) is 10.4 Å². The fourth-order valence-corrected chi connectivity index (χ4v) is 8.80. The van der Waals surface area contributed by atoms with E-state index in [2.05, 4.69) is 5.32 Å². The van der Waals surface area contributed by atoms with Crippen molar-refractivity contribution >= 4 is 104 Å². The molecule has 2 aliphatic carbocycles. The zero-order chi connectivity index (χ0) is 26.8. The quantitative estimate of drug-likeness (QED) is 0.265. The number of carbonyl (C=O) groups is 3.